The molecule has 4 fully saturated rings. The first-order valence-corrected chi connectivity index (χ1v) is 15.1. The predicted octanol–water partition coefficient (Wildman–Crippen LogP) is 5.33. The molecule has 8 heteroatoms. The van der Waals surface area contributed by atoms with Crippen molar-refractivity contribution >= 4 is 17.6 Å². The summed E-state index contributed by atoms with van der Waals surface area (Å²) in [6.07, 6.45) is 2.89. The van der Waals surface area contributed by atoms with Gasteiger partial charge >= 0.3 is 0 Å². The lowest BCUT2D eigenvalue weighted by Crippen LogP contribution is -2.59. The molecule has 2 bridgehead atoms. The molecule has 6 rings (SSSR count). The quantitative estimate of drug-likeness (QED) is 0.314. The maximum absolute atomic E-state index is 14.2. The van der Waals surface area contributed by atoms with Gasteiger partial charge in [-0.25, -0.2) is 9.38 Å². The van der Waals surface area contributed by atoms with Gasteiger partial charge in [-0.05, 0) is 92.2 Å². The lowest BCUT2D eigenvalue weighted by atomic mass is 9.45. The first-order chi connectivity index (χ1) is 19.5. The summed E-state index contributed by atoms with van der Waals surface area (Å²) in [4.78, 5) is 20.5. The Labute approximate surface area is 244 Å². The van der Waals surface area contributed by atoms with Gasteiger partial charge in [0.25, 0.3) is 5.91 Å². The number of halogens is 1. The summed E-state index contributed by atoms with van der Waals surface area (Å²) in [5, 5.41) is 10.1. The normalized spacial score (nSPS) is 29.0. The number of amides is 1. The molecular formula is C33H46FN5O2. The maximum Gasteiger partial charge on any atom is 0.251 e. The summed E-state index contributed by atoms with van der Waals surface area (Å²) >= 11 is 0. The first-order valence-electron chi connectivity index (χ1n) is 15.1. The fraction of sp³-hybridized carbons (Fsp3) is 0.576. The molecule has 1 aliphatic heterocycles. The van der Waals surface area contributed by atoms with E-state index in [2.05, 4.69) is 55.5 Å². The van der Waals surface area contributed by atoms with E-state index in [0.717, 1.165) is 43.0 Å². The second-order valence-electron chi connectivity index (χ2n) is 13.0. The molecule has 1 amide bonds. The molecule has 0 unspecified atom stereocenters. The van der Waals surface area contributed by atoms with Crippen molar-refractivity contribution in [2.24, 2.45) is 28.2 Å². The van der Waals surface area contributed by atoms with Gasteiger partial charge in [0.2, 0.25) is 0 Å². The summed E-state index contributed by atoms with van der Waals surface area (Å²) in [6, 6.07) is 13.4. The zero-order valence-electron chi connectivity index (χ0n) is 25.3. The van der Waals surface area contributed by atoms with E-state index in [-0.39, 0.29) is 11.7 Å². The van der Waals surface area contributed by atoms with Crippen LogP contribution in [0.3, 0.4) is 0 Å². The van der Waals surface area contributed by atoms with Crippen molar-refractivity contribution in [2.45, 2.75) is 72.0 Å². The van der Waals surface area contributed by atoms with Crippen molar-refractivity contribution < 1.29 is 13.9 Å². The third-order valence-electron chi connectivity index (χ3n) is 9.80. The molecule has 1 saturated heterocycles. The highest BCUT2D eigenvalue weighted by atomic mass is 19.1. The van der Waals surface area contributed by atoms with Crippen LogP contribution in [0.25, 0.3) is 0 Å². The van der Waals surface area contributed by atoms with E-state index in [9.17, 15) is 9.18 Å². The smallest absolute Gasteiger partial charge is 0.251 e. The van der Waals surface area contributed by atoms with Gasteiger partial charge in [-0.15, -0.1) is 0 Å². The number of ether oxygens (including phenoxy) is 1. The number of benzene rings is 2. The fourth-order valence-corrected chi connectivity index (χ4v) is 7.25. The number of carbonyl (C=O) groups excluding carboxylic acids is 1. The van der Waals surface area contributed by atoms with Crippen LogP contribution in [0.5, 0.6) is 5.75 Å². The van der Waals surface area contributed by atoms with E-state index in [1.54, 1.807) is 12.1 Å². The topological polar surface area (TPSA) is 78.0 Å². The lowest BCUT2D eigenvalue weighted by molar-refractivity contribution is -0.108. The number of rotatable bonds is 7. The minimum atomic E-state index is -0.330. The number of nitrogens with zero attached hydrogens (tertiary/aromatic N) is 2. The van der Waals surface area contributed by atoms with Crippen molar-refractivity contribution in [1.82, 2.24) is 15.5 Å². The molecular weight excluding hydrogens is 517 g/mol. The van der Waals surface area contributed by atoms with Gasteiger partial charge in [0, 0.05) is 49.0 Å². The minimum Gasteiger partial charge on any atom is -0.497 e. The van der Waals surface area contributed by atoms with E-state index >= 15 is 0 Å². The van der Waals surface area contributed by atoms with Crippen molar-refractivity contribution in [3.8, 4) is 5.75 Å². The third-order valence-corrected chi connectivity index (χ3v) is 9.80. The molecule has 41 heavy (non-hydrogen) atoms. The number of anilines is 1. The zero-order valence-corrected chi connectivity index (χ0v) is 25.3. The zero-order chi connectivity index (χ0) is 29.3. The summed E-state index contributed by atoms with van der Waals surface area (Å²) in [5.41, 5.74) is 2.45. The summed E-state index contributed by atoms with van der Waals surface area (Å²) in [7, 11) is 1.51. The largest absolute Gasteiger partial charge is 0.497 e. The molecule has 3 N–H and O–H groups in total. The average Bonchev–Trinajstić information content (AvgIpc) is 2.93. The second kappa shape index (κ2) is 12.0. The van der Waals surface area contributed by atoms with Crippen LogP contribution in [0.1, 0.15) is 63.4 Å². The average molecular weight is 564 g/mol. The molecule has 2 aromatic carbocycles. The molecule has 6 atom stereocenters. The molecule has 0 radical (unpaired) electrons. The Hall–Kier alpha value is -3.13. The van der Waals surface area contributed by atoms with Crippen LogP contribution in [-0.4, -0.2) is 61.6 Å². The molecule has 1 heterocycles. The Bertz CT molecular complexity index is 1250. The van der Waals surface area contributed by atoms with E-state index in [1.807, 2.05) is 24.3 Å². The van der Waals surface area contributed by atoms with Crippen LogP contribution in [0.4, 0.5) is 10.1 Å². The van der Waals surface area contributed by atoms with Gasteiger partial charge in [0.1, 0.15) is 11.6 Å². The van der Waals surface area contributed by atoms with Crippen LogP contribution in [-0.2, 0) is 6.42 Å². The Balaban J connectivity index is 1.24. The second-order valence-corrected chi connectivity index (χ2v) is 13.0. The summed E-state index contributed by atoms with van der Waals surface area (Å²) < 4.78 is 19.3. The lowest BCUT2D eigenvalue weighted by Gasteiger charge is -2.61. The number of fused-ring (bicyclic) bond motifs is 2. The van der Waals surface area contributed by atoms with Crippen LogP contribution >= 0.6 is 0 Å². The summed E-state index contributed by atoms with van der Waals surface area (Å²) in [6.45, 7) is 13.8. The molecule has 0 spiro atoms. The Morgan fingerprint density at radius 1 is 1.10 bits per heavy atom. The van der Waals surface area contributed by atoms with Gasteiger partial charge in [-0.2, -0.15) is 0 Å². The Kier molecular flexibility index (Phi) is 8.60. The van der Waals surface area contributed by atoms with Gasteiger partial charge in [0.15, 0.2) is 5.96 Å². The van der Waals surface area contributed by atoms with Crippen molar-refractivity contribution in [1.29, 1.82) is 0 Å². The fourth-order valence-electron chi connectivity index (χ4n) is 7.25. The standard InChI is InChI=1S/C33H46FN5O2/c1-20-18-39(19-21(2)36-20)32(38-30-16-25-15-28(22(30)3)33(25,4)5)37-26-10-7-24(8-11-26)31(40)35-14-13-23-9-12-27(41-6)17-29(23)34/h7-12,17,20-22,25,28,30,36H,13-16,18-19H2,1-6H3,(H,35,40)(H,37,38)/t20-,21+,22-,25+,28+,30+/m1/s1. The molecule has 3 aliphatic carbocycles. The monoisotopic (exact) mass is 563 g/mol. The number of hydrogen-bond donors (Lipinski definition) is 3. The van der Waals surface area contributed by atoms with Gasteiger partial charge in [-0.1, -0.05) is 26.8 Å². The van der Waals surface area contributed by atoms with Crippen molar-refractivity contribution in [3.05, 3.63) is 59.4 Å². The van der Waals surface area contributed by atoms with Crippen LogP contribution in [0, 0.1) is 29.0 Å². The Morgan fingerprint density at radius 3 is 2.41 bits per heavy atom. The van der Waals surface area contributed by atoms with E-state index in [0.29, 0.717) is 59.3 Å². The van der Waals surface area contributed by atoms with Crippen LogP contribution < -0.4 is 20.7 Å². The number of nitrogens with one attached hydrogen (secondary N) is 3. The highest BCUT2D eigenvalue weighted by Gasteiger charge is 2.56. The number of aliphatic imine (C=N–C) groups is 1. The maximum atomic E-state index is 14.2. The van der Waals surface area contributed by atoms with Gasteiger partial charge < -0.3 is 25.6 Å². The third kappa shape index (κ3) is 6.37. The molecule has 222 valence electrons. The molecule has 3 saturated carbocycles. The number of piperazine rings is 1. The van der Waals surface area contributed by atoms with Crippen molar-refractivity contribution in [3.63, 3.8) is 0 Å². The molecule has 2 aromatic rings. The molecule has 4 aliphatic rings. The first kappa shape index (κ1) is 29.4. The molecule has 0 aromatic heterocycles. The summed E-state index contributed by atoms with van der Waals surface area (Å²) in [5.74, 6) is 2.94. The van der Waals surface area contributed by atoms with E-state index in [1.165, 1.54) is 19.6 Å². The van der Waals surface area contributed by atoms with E-state index in [4.69, 9.17) is 9.73 Å². The Morgan fingerprint density at radius 2 is 1.80 bits per heavy atom. The minimum absolute atomic E-state index is 0.179. The SMILES string of the molecule is COc1ccc(CCNC(=O)c2ccc(NC(=N[C@H]3C[C@@H]4C[C@@H]([C@H]3C)C4(C)C)N3C[C@@H](C)N[C@@H](C)C3)cc2)c(F)c1. The molecule has 7 nitrogen and oxygen atoms in total. The highest BCUT2D eigenvalue weighted by Crippen LogP contribution is 2.61. The van der Waals surface area contributed by atoms with E-state index < -0.39 is 0 Å². The number of methoxy groups -OCH3 is 1. The highest BCUT2D eigenvalue weighted by molar-refractivity contribution is 5.96. The number of guanidine groups is 1. The van der Waals surface area contributed by atoms with Crippen LogP contribution in [0.15, 0.2) is 47.5 Å². The predicted molar refractivity (Wildman–Crippen MR) is 163 cm³/mol. The van der Waals surface area contributed by atoms with Gasteiger partial charge in [0.05, 0.1) is 13.2 Å². The van der Waals surface area contributed by atoms with Crippen molar-refractivity contribution in [2.75, 3.05) is 32.1 Å². The number of hydrogen-bond acceptors (Lipinski definition) is 4. The number of carbonyl (C=O) groups is 1. The van der Waals surface area contributed by atoms with Crippen LogP contribution in [0.2, 0.25) is 0 Å². The van der Waals surface area contributed by atoms with Gasteiger partial charge in [-0.3, -0.25) is 4.79 Å².